The third kappa shape index (κ3) is 6.12. The van der Waals surface area contributed by atoms with Crippen LogP contribution in [-0.4, -0.2) is 45.4 Å². The standard InChI is InChI=1S/C25H28ClN3O3S/c26-22-9-5-8-21(16-22)24(29-14-3-4-15-29)18-27-25(30)12-13-28-33(31,32)23-11-10-19-6-1-2-7-20(19)17-23/h1-2,5-11,16-17,24,28H,3-4,12-15,18H2,(H,27,30). The van der Waals surface area contributed by atoms with Gasteiger partial charge in [-0.05, 0) is 66.5 Å². The summed E-state index contributed by atoms with van der Waals surface area (Å²) in [7, 11) is -3.69. The Bertz CT molecular complexity index is 1230. The van der Waals surface area contributed by atoms with Crippen LogP contribution in [0.25, 0.3) is 10.8 Å². The number of benzene rings is 3. The molecular formula is C25H28ClN3O3S. The lowest BCUT2D eigenvalue weighted by molar-refractivity contribution is -0.121. The van der Waals surface area contributed by atoms with E-state index in [-0.39, 0.29) is 29.8 Å². The predicted molar refractivity (Wildman–Crippen MR) is 132 cm³/mol. The fourth-order valence-electron chi connectivity index (χ4n) is 4.24. The second-order valence-corrected chi connectivity index (χ2v) is 10.5. The zero-order chi connectivity index (χ0) is 23.3. The van der Waals surface area contributed by atoms with Gasteiger partial charge in [-0.15, -0.1) is 0 Å². The minimum Gasteiger partial charge on any atom is -0.354 e. The normalized spacial score (nSPS) is 15.5. The molecule has 1 amide bonds. The molecule has 6 nitrogen and oxygen atoms in total. The minimum atomic E-state index is -3.69. The van der Waals surface area contributed by atoms with Crippen molar-refractivity contribution in [1.29, 1.82) is 0 Å². The summed E-state index contributed by atoms with van der Waals surface area (Å²) < 4.78 is 27.8. The number of hydrogen-bond donors (Lipinski definition) is 2. The Morgan fingerprint density at radius 3 is 2.48 bits per heavy atom. The topological polar surface area (TPSA) is 78.5 Å². The van der Waals surface area contributed by atoms with E-state index in [1.807, 2.05) is 48.5 Å². The molecule has 0 radical (unpaired) electrons. The minimum absolute atomic E-state index is 0.0343. The molecule has 1 unspecified atom stereocenters. The molecule has 0 saturated carbocycles. The maximum atomic E-state index is 12.7. The third-order valence-electron chi connectivity index (χ3n) is 5.98. The Balaban J connectivity index is 1.32. The summed E-state index contributed by atoms with van der Waals surface area (Å²) in [6.45, 7) is 2.46. The van der Waals surface area contributed by atoms with E-state index in [0.29, 0.717) is 11.6 Å². The molecule has 1 aliphatic heterocycles. The van der Waals surface area contributed by atoms with Gasteiger partial charge in [0.25, 0.3) is 0 Å². The van der Waals surface area contributed by atoms with Crippen LogP contribution in [0.3, 0.4) is 0 Å². The number of sulfonamides is 1. The van der Waals surface area contributed by atoms with E-state index in [2.05, 4.69) is 14.9 Å². The maximum Gasteiger partial charge on any atom is 0.240 e. The van der Waals surface area contributed by atoms with E-state index in [9.17, 15) is 13.2 Å². The molecule has 1 saturated heterocycles. The molecule has 8 heteroatoms. The Labute approximate surface area is 200 Å². The van der Waals surface area contributed by atoms with Crippen molar-refractivity contribution >= 4 is 38.3 Å². The second-order valence-electron chi connectivity index (χ2n) is 8.27. The smallest absolute Gasteiger partial charge is 0.240 e. The lowest BCUT2D eigenvalue weighted by Crippen LogP contribution is -2.38. The van der Waals surface area contributed by atoms with Crippen LogP contribution >= 0.6 is 11.6 Å². The van der Waals surface area contributed by atoms with Gasteiger partial charge in [-0.3, -0.25) is 9.69 Å². The zero-order valence-electron chi connectivity index (χ0n) is 18.3. The highest BCUT2D eigenvalue weighted by atomic mass is 35.5. The van der Waals surface area contributed by atoms with Crippen molar-refractivity contribution in [2.75, 3.05) is 26.2 Å². The number of likely N-dealkylation sites (tertiary alicyclic amines) is 1. The first-order valence-electron chi connectivity index (χ1n) is 11.2. The highest BCUT2D eigenvalue weighted by molar-refractivity contribution is 7.89. The summed E-state index contributed by atoms with van der Waals surface area (Å²) >= 11 is 6.18. The molecule has 0 aliphatic carbocycles. The van der Waals surface area contributed by atoms with Crippen molar-refractivity contribution in [2.45, 2.75) is 30.2 Å². The number of fused-ring (bicyclic) bond motifs is 1. The van der Waals surface area contributed by atoms with Gasteiger partial charge in [-0.2, -0.15) is 0 Å². The summed E-state index contributed by atoms with van der Waals surface area (Å²) in [5.74, 6) is -0.192. The quantitative estimate of drug-likeness (QED) is 0.478. The summed E-state index contributed by atoms with van der Waals surface area (Å²) in [4.78, 5) is 15.0. The first kappa shape index (κ1) is 23.7. The molecule has 4 rings (SSSR count). The van der Waals surface area contributed by atoms with Gasteiger partial charge >= 0.3 is 0 Å². The van der Waals surface area contributed by atoms with Crippen LogP contribution in [-0.2, 0) is 14.8 Å². The van der Waals surface area contributed by atoms with Gasteiger partial charge in [0, 0.05) is 24.5 Å². The van der Waals surface area contributed by atoms with Crippen molar-refractivity contribution in [3.05, 3.63) is 77.3 Å². The van der Waals surface area contributed by atoms with Crippen LogP contribution in [0, 0.1) is 0 Å². The zero-order valence-corrected chi connectivity index (χ0v) is 19.9. The number of nitrogens with one attached hydrogen (secondary N) is 2. The van der Waals surface area contributed by atoms with Gasteiger partial charge < -0.3 is 5.32 Å². The van der Waals surface area contributed by atoms with Crippen molar-refractivity contribution in [1.82, 2.24) is 14.9 Å². The number of carbonyl (C=O) groups excluding carboxylic acids is 1. The Morgan fingerprint density at radius 2 is 1.73 bits per heavy atom. The molecular weight excluding hydrogens is 458 g/mol. The number of halogens is 1. The number of amides is 1. The summed E-state index contributed by atoms with van der Waals surface area (Å²) in [5.41, 5.74) is 1.07. The summed E-state index contributed by atoms with van der Waals surface area (Å²) in [6.07, 6.45) is 2.35. The lowest BCUT2D eigenvalue weighted by atomic mass is 10.1. The molecule has 1 aliphatic rings. The van der Waals surface area contributed by atoms with E-state index in [0.717, 1.165) is 42.3 Å². The molecule has 33 heavy (non-hydrogen) atoms. The molecule has 174 valence electrons. The van der Waals surface area contributed by atoms with Crippen LogP contribution in [0.15, 0.2) is 71.6 Å². The fraction of sp³-hybridized carbons (Fsp3) is 0.320. The van der Waals surface area contributed by atoms with Crippen molar-refractivity contribution in [2.24, 2.45) is 0 Å². The van der Waals surface area contributed by atoms with Gasteiger partial charge in [0.15, 0.2) is 0 Å². The molecule has 0 spiro atoms. The fourth-order valence-corrected chi connectivity index (χ4v) is 5.51. The number of rotatable bonds is 9. The van der Waals surface area contributed by atoms with Gasteiger partial charge in [-0.1, -0.05) is 54.1 Å². The largest absolute Gasteiger partial charge is 0.354 e. The monoisotopic (exact) mass is 485 g/mol. The van der Waals surface area contributed by atoms with Crippen molar-refractivity contribution in [3.8, 4) is 0 Å². The molecule has 3 aromatic rings. The van der Waals surface area contributed by atoms with Crippen LogP contribution in [0.2, 0.25) is 5.02 Å². The average Bonchev–Trinajstić information content (AvgIpc) is 3.33. The van der Waals surface area contributed by atoms with Gasteiger partial charge in [0.05, 0.1) is 10.9 Å². The van der Waals surface area contributed by atoms with Crippen LogP contribution in [0.5, 0.6) is 0 Å². The second kappa shape index (κ2) is 10.7. The Hall–Kier alpha value is -2.45. The third-order valence-corrected chi connectivity index (χ3v) is 7.68. The van der Waals surface area contributed by atoms with Gasteiger partial charge in [0.1, 0.15) is 0 Å². The van der Waals surface area contributed by atoms with Gasteiger partial charge in [0.2, 0.25) is 15.9 Å². The highest BCUT2D eigenvalue weighted by Crippen LogP contribution is 2.26. The van der Waals surface area contributed by atoms with Crippen LogP contribution in [0.4, 0.5) is 0 Å². The predicted octanol–water partition coefficient (Wildman–Crippen LogP) is 4.11. The average molecular weight is 486 g/mol. The van der Waals surface area contributed by atoms with Gasteiger partial charge in [-0.25, -0.2) is 13.1 Å². The lowest BCUT2D eigenvalue weighted by Gasteiger charge is -2.28. The maximum absolute atomic E-state index is 12.7. The first-order valence-corrected chi connectivity index (χ1v) is 13.0. The molecule has 1 fully saturated rings. The molecule has 0 bridgehead atoms. The first-order chi connectivity index (χ1) is 15.9. The summed E-state index contributed by atoms with van der Waals surface area (Å²) in [6, 6.07) is 20.4. The number of carbonyl (C=O) groups is 1. The Morgan fingerprint density at radius 1 is 0.970 bits per heavy atom. The van der Waals surface area contributed by atoms with E-state index in [1.54, 1.807) is 18.2 Å². The van der Waals surface area contributed by atoms with E-state index < -0.39 is 10.0 Å². The Kier molecular flexibility index (Phi) is 7.65. The molecule has 1 heterocycles. The SMILES string of the molecule is O=C(CCNS(=O)(=O)c1ccc2ccccc2c1)NCC(c1cccc(Cl)c1)N1CCCC1. The highest BCUT2D eigenvalue weighted by Gasteiger charge is 2.24. The number of nitrogens with zero attached hydrogens (tertiary/aromatic N) is 1. The van der Waals surface area contributed by atoms with E-state index in [4.69, 9.17) is 11.6 Å². The molecule has 2 N–H and O–H groups in total. The van der Waals surface area contributed by atoms with E-state index in [1.165, 1.54) is 0 Å². The molecule has 0 aromatic heterocycles. The summed E-state index contributed by atoms with van der Waals surface area (Å²) in [5, 5.41) is 5.47. The van der Waals surface area contributed by atoms with Crippen molar-refractivity contribution < 1.29 is 13.2 Å². The number of hydrogen-bond acceptors (Lipinski definition) is 4. The molecule has 1 atom stereocenters. The molecule has 3 aromatic carbocycles. The van der Waals surface area contributed by atoms with Crippen LogP contribution in [0.1, 0.15) is 30.9 Å². The van der Waals surface area contributed by atoms with Crippen LogP contribution < -0.4 is 10.0 Å². The van der Waals surface area contributed by atoms with Crippen molar-refractivity contribution in [3.63, 3.8) is 0 Å². The van der Waals surface area contributed by atoms with E-state index >= 15 is 0 Å².